The van der Waals surface area contributed by atoms with Gasteiger partial charge >= 0.3 is 0 Å². The SMILES string of the molecule is CC(C)C(CCSSCCC(C(C)C)S(=O)(=O)O)S(=O)(=O)O. The van der Waals surface area contributed by atoms with Crippen LogP contribution in [0.25, 0.3) is 0 Å². The maximum absolute atomic E-state index is 11.2. The summed E-state index contributed by atoms with van der Waals surface area (Å²) in [5.41, 5.74) is 0. The van der Waals surface area contributed by atoms with Crippen LogP contribution in [0.2, 0.25) is 0 Å². The maximum Gasteiger partial charge on any atom is 0.268 e. The van der Waals surface area contributed by atoms with E-state index in [0.717, 1.165) is 0 Å². The Morgan fingerprint density at radius 2 is 1.00 bits per heavy atom. The molecule has 22 heavy (non-hydrogen) atoms. The van der Waals surface area contributed by atoms with Crippen molar-refractivity contribution in [2.45, 2.75) is 51.0 Å². The van der Waals surface area contributed by atoms with E-state index in [9.17, 15) is 16.8 Å². The van der Waals surface area contributed by atoms with Crippen LogP contribution in [0.1, 0.15) is 40.5 Å². The van der Waals surface area contributed by atoms with Gasteiger partial charge in [0.1, 0.15) is 0 Å². The molecule has 0 aliphatic heterocycles. The van der Waals surface area contributed by atoms with Gasteiger partial charge < -0.3 is 0 Å². The average molecular weight is 395 g/mol. The summed E-state index contributed by atoms with van der Waals surface area (Å²) in [6.07, 6.45) is 0.695. The average Bonchev–Trinajstić information content (AvgIpc) is 2.27. The monoisotopic (exact) mass is 394 g/mol. The zero-order chi connectivity index (χ0) is 17.6. The second-order valence-corrected chi connectivity index (χ2v) is 11.8. The van der Waals surface area contributed by atoms with Crippen LogP contribution in [0.5, 0.6) is 0 Å². The Bertz CT molecular complexity index is 464. The van der Waals surface area contributed by atoms with Crippen LogP contribution < -0.4 is 0 Å². The van der Waals surface area contributed by atoms with E-state index in [0.29, 0.717) is 24.3 Å². The molecule has 0 heterocycles. The van der Waals surface area contributed by atoms with E-state index in [-0.39, 0.29) is 11.8 Å². The summed E-state index contributed by atoms with van der Waals surface area (Å²) in [6.45, 7) is 6.98. The lowest BCUT2D eigenvalue weighted by atomic mass is 10.1. The second-order valence-electron chi connectivity index (χ2n) is 5.82. The first-order valence-corrected chi connectivity index (χ1v) is 12.5. The Hall–Kier alpha value is 0.520. The lowest BCUT2D eigenvalue weighted by Crippen LogP contribution is -2.27. The lowest BCUT2D eigenvalue weighted by molar-refractivity contribution is 0.436. The lowest BCUT2D eigenvalue weighted by Gasteiger charge is -2.18. The third-order valence-electron chi connectivity index (χ3n) is 3.31. The summed E-state index contributed by atoms with van der Waals surface area (Å²) >= 11 is 0. The van der Waals surface area contributed by atoms with E-state index in [2.05, 4.69) is 0 Å². The van der Waals surface area contributed by atoms with Crippen molar-refractivity contribution in [2.24, 2.45) is 11.8 Å². The van der Waals surface area contributed by atoms with Gasteiger partial charge in [0.25, 0.3) is 20.2 Å². The fourth-order valence-electron chi connectivity index (χ4n) is 2.10. The van der Waals surface area contributed by atoms with Crippen molar-refractivity contribution in [3.05, 3.63) is 0 Å². The molecule has 0 rings (SSSR count). The third kappa shape index (κ3) is 8.97. The summed E-state index contributed by atoms with van der Waals surface area (Å²) in [6, 6.07) is 0. The largest absolute Gasteiger partial charge is 0.285 e. The predicted octanol–water partition coefficient (Wildman–Crippen LogP) is 2.97. The van der Waals surface area contributed by atoms with E-state index in [1.807, 2.05) is 0 Å². The molecular weight excluding hydrogens is 368 g/mol. The van der Waals surface area contributed by atoms with Gasteiger partial charge in [-0.3, -0.25) is 9.11 Å². The standard InChI is InChI=1S/C12H26O6S4/c1-9(2)11(21(13,14)15)5-7-19-20-8-6-12(10(3)4)22(16,17)18/h9-12H,5-8H2,1-4H3,(H,13,14,15)(H,16,17,18). The molecule has 0 bridgehead atoms. The molecule has 0 saturated carbocycles. The summed E-state index contributed by atoms with van der Waals surface area (Å²) in [5.74, 6) is 0.771. The van der Waals surface area contributed by atoms with Crippen LogP contribution in [0, 0.1) is 11.8 Å². The molecule has 0 aromatic heterocycles. The van der Waals surface area contributed by atoms with Crippen molar-refractivity contribution in [3.8, 4) is 0 Å². The first-order chi connectivity index (χ1) is 9.87. The highest BCUT2D eigenvalue weighted by Gasteiger charge is 2.27. The Morgan fingerprint density at radius 3 is 1.18 bits per heavy atom. The molecule has 10 heteroatoms. The highest BCUT2D eigenvalue weighted by Crippen LogP contribution is 2.28. The van der Waals surface area contributed by atoms with Gasteiger partial charge in [-0.25, -0.2) is 0 Å². The van der Waals surface area contributed by atoms with E-state index < -0.39 is 30.7 Å². The van der Waals surface area contributed by atoms with Gasteiger partial charge in [-0.05, 0) is 24.7 Å². The molecule has 0 fully saturated rings. The molecule has 0 aliphatic rings. The molecule has 0 aromatic carbocycles. The van der Waals surface area contributed by atoms with Crippen LogP contribution in [0.15, 0.2) is 0 Å². The van der Waals surface area contributed by atoms with Crippen molar-refractivity contribution < 1.29 is 25.9 Å². The molecule has 2 unspecified atom stereocenters. The number of rotatable bonds is 11. The smallest absolute Gasteiger partial charge is 0.268 e. The van der Waals surface area contributed by atoms with Crippen molar-refractivity contribution in [1.29, 1.82) is 0 Å². The molecule has 134 valence electrons. The van der Waals surface area contributed by atoms with Crippen molar-refractivity contribution in [1.82, 2.24) is 0 Å². The number of hydrogen-bond donors (Lipinski definition) is 2. The second kappa shape index (κ2) is 9.73. The van der Waals surface area contributed by atoms with Gasteiger partial charge in [0.05, 0.1) is 10.5 Å². The van der Waals surface area contributed by atoms with Crippen LogP contribution in [0.4, 0.5) is 0 Å². The fraction of sp³-hybridized carbons (Fsp3) is 1.00. The van der Waals surface area contributed by atoms with Crippen LogP contribution >= 0.6 is 21.6 Å². The van der Waals surface area contributed by atoms with Gasteiger partial charge in [0.2, 0.25) is 0 Å². The quantitative estimate of drug-likeness (QED) is 0.313. The molecule has 0 radical (unpaired) electrons. The summed E-state index contributed by atoms with van der Waals surface area (Å²) in [7, 11) is -5.18. The van der Waals surface area contributed by atoms with Crippen molar-refractivity contribution >= 4 is 41.8 Å². The molecule has 6 nitrogen and oxygen atoms in total. The summed E-state index contributed by atoms with van der Waals surface area (Å²) in [4.78, 5) is 0. The van der Waals surface area contributed by atoms with Crippen LogP contribution in [0.3, 0.4) is 0 Å². The Balaban J connectivity index is 4.14. The molecular formula is C12H26O6S4. The predicted molar refractivity (Wildman–Crippen MR) is 94.5 cm³/mol. The summed E-state index contributed by atoms with van der Waals surface area (Å²) < 4.78 is 63.1. The van der Waals surface area contributed by atoms with Crippen LogP contribution in [-0.4, -0.2) is 47.9 Å². The van der Waals surface area contributed by atoms with Gasteiger partial charge in [0.15, 0.2) is 0 Å². The topological polar surface area (TPSA) is 109 Å². The Kier molecular flexibility index (Phi) is 9.96. The van der Waals surface area contributed by atoms with Crippen molar-refractivity contribution in [3.63, 3.8) is 0 Å². The minimum Gasteiger partial charge on any atom is -0.285 e. The highest BCUT2D eigenvalue weighted by atomic mass is 33.1. The molecule has 2 atom stereocenters. The minimum absolute atomic E-state index is 0.162. The Labute approximate surface area is 142 Å². The zero-order valence-corrected chi connectivity index (χ0v) is 16.6. The Morgan fingerprint density at radius 1 is 0.727 bits per heavy atom. The molecule has 2 N–H and O–H groups in total. The van der Waals surface area contributed by atoms with E-state index in [1.54, 1.807) is 27.7 Å². The van der Waals surface area contributed by atoms with Crippen molar-refractivity contribution in [2.75, 3.05) is 11.5 Å². The fourth-order valence-corrected chi connectivity index (χ4v) is 6.82. The number of hydrogen-bond acceptors (Lipinski definition) is 6. The van der Waals surface area contributed by atoms with E-state index >= 15 is 0 Å². The van der Waals surface area contributed by atoms with Gasteiger partial charge in [-0.2, -0.15) is 16.8 Å². The molecule has 0 amide bonds. The zero-order valence-electron chi connectivity index (χ0n) is 13.3. The molecule has 0 aliphatic carbocycles. The first kappa shape index (κ1) is 22.5. The van der Waals surface area contributed by atoms with E-state index in [4.69, 9.17) is 9.11 Å². The van der Waals surface area contributed by atoms with Gasteiger partial charge in [-0.15, -0.1) is 0 Å². The molecule has 0 spiro atoms. The molecule has 0 saturated heterocycles. The molecule has 0 aromatic rings. The third-order valence-corrected chi connectivity index (χ3v) is 8.87. The van der Waals surface area contributed by atoms with E-state index in [1.165, 1.54) is 21.6 Å². The first-order valence-electron chi connectivity index (χ1n) is 7.04. The van der Waals surface area contributed by atoms with Gasteiger partial charge in [0, 0.05) is 11.5 Å². The normalized spacial score (nSPS) is 16.2. The highest BCUT2D eigenvalue weighted by molar-refractivity contribution is 8.76. The maximum atomic E-state index is 11.2. The van der Waals surface area contributed by atoms with Crippen LogP contribution in [-0.2, 0) is 20.2 Å². The van der Waals surface area contributed by atoms with Gasteiger partial charge in [-0.1, -0.05) is 49.3 Å². The minimum atomic E-state index is -4.04. The summed E-state index contributed by atoms with van der Waals surface area (Å²) in [5, 5.41) is -1.55.